The van der Waals surface area contributed by atoms with E-state index < -0.39 is 12.2 Å². The number of hydrogen-bond donors (Lipinski definition) is 0. The zero-order chi connectivity index (χ0) is 28.0. The summed E-state index contributed by atoms with van der Waals surface area (Å²) in [6.45, 7) is 16.7. The van der Waals surface area contributed by atoms with Crippen molar-refractivity contribution in [2.45, 2.75) is 95.4 Å². The Balaban J connectivity index is 1.95. The predicted molar refractivity (Wildman–Crippen MR) is 155 cm³/mol. The van der Waals surface area contributed by atoms with Crippen LogP contribution in [0.2, 0.25) is 0 Å². The lowest BCUT2D eigenvalue weighted by Crippen LogP contribution is -2.52. The number of anilines is 2. The van der Waals surface area contributed by atoms with Crippen molar-refractivity contribution in [3.05, 3.63) is 49.2 Å². The van der Waals surface area contributed by atoms with Gasteiger partial charge in [0.15, 0.2) is 0 Å². The number of hydrogen-bond acceptors (Lipinski definition) is 5. The van der Waals surface area contributed by atoms with Gasteiger partial charge in [0, 0.05) is 45.5 Å². The molecule has 0 aromatic heterocycles. The van der Waals surface area contributed by atoms with Crippen molar-refractivity contribution >= 4 is 35.0 Å². The smallest absolute Gasteiger partial charge is 0.414 e. The molecule has 1 aliphatic heterocycles. The van der Waals surface area contributed by atoms with Gasteiger partial charge in [-0.15, -0.1) is 18.2 Å². The van der Waals surface area contributed by atoms with Crippen molar-refractivity contribution in [2.75, 3.05) is 30.0 Å². The van der Waals surface area contributed by atoms with Gasteiger partial charge in [-0.1, -0.05) is 32.6 Å². The van der Waals surface area contributed by atoms with Crippen molar-refractivity contribution in [2.24, 2.45) is 0 Å². The first-order valence-corrected chi connectivity index (χ1v) is 14.2. The highest BCUT2D eigenvalue weighted by Gasteiger charge is 2.37. The van der Waals surface area contributed by atoms with E-state index in [0.29, 0.717) is 36.8 Å². The molecule has 1 saturated carbocycles. The number of fused-ring (bicyclic) bond motifs is 1. The maximum Gasteiger partial charge on any atom is 0.414 e. The van der Waals surface area contributed by atoms with E-state index in [-0.39, 0.29) is 29.3 Å². The van der Waals surface area contributed by atoms with Gasteiger partial charge in [0.05, 0.1) is 28.9 Å². The number of amides is 2. The highest BCUT2D eigenvalue weighted by molar-refractivity contribution is 6.21. The first kappa shape index (κ1) is 30.0. The Morgan fingerprint density at radius 3 is 2.45 bits per heavy atom. The molecule has 1 aromatic carbocycles. The molecule has 1 aliphatic carbocycles. The van der Waals surface area contributed by atoms with E-state index >= 15 is 0 Å². The number of ether oxygens (including phenoxy) is 2. The number of carbonyl (C=O) groups excluding carboxylic acids is 2. The van der Waals surface area contributed by atoms with E-state index in [0.717, 1.165) is 18.5 Å². The molecule has 0 saturated heterocycles. The molecule has 0 bridgehead atoms. The van der Waals surface area contributed by atoms with Gasteiger partial charge in [-0.05, 0) is 56.5 Å². The number of halogens is 1. The van der Waals surface area contributed by atoms with Crippen LogP contribution in [-0.4, -0.2) is 66.8 Å². The van der Waals surface area contributed by atoms with Crippen molar-refractivity contribution in [1.82, 2.24) is 4.90 Å². The van der Waals surface area contributed by atoms with Crippen LogP contribution >= 0.6 is 11.6 Å². The molecule has 0 N–H and O–H groups in total. The van der Waals surface area contributed by atoms with E-state index in [4.69, 9.17) is 21.1 Å². The molecular weight excluding hydrogens is 502 g/mol. The second-order valence-electron chi connectivity index (χ2n) is 10.4. The second kappa shape index (κ2) is 13.5. The normalized spacial score (nSPS) is 20.1. The van der Waals surface area contributed by atoms with Gasteiger partial charge in [0.25, 0.3) is 0 Å². The third kappa shape index (κ3) is 6.92. The van der Waals surface area contributed by atoms with Gasteiger partial charge in [-0.2, -0.15) is 0 Å². The second-order valence-corrected chi connectivity index (χ2v) is 11.0. The molecule has 5 atom stereocenters. The molecule has 2 aliphatic rings. The Kier molecular flexibility index (Phi) is 10.7. The summed E-state index contributed by atoms with van der Waals surface area (Å²) in [5.74, 6) is 0.203. The first-order chi connectivity index (χ1) is 18.2. The minimum Gasteiger partial charge on any atom is -0.444 e. The summed E-state index contributed by atoms with van der Waals surface area (Å²) in [7, 11) is 1.60. The van der Waals surface area contributed by atoms with Crippen LogP contribution in [0.15, 0.2) is 43.6 Å². The molecule has 0 radical (unpaired) electrons. The predicted octanol–water partition coefficient (Wildman–Crippen LogP) is 6.46. The minimum absolute atomic E-state index is 0.0586. The molecule has 210 valence electrons. The van der Waals surface area contributed by atoms with Crippen molar-refractivity contribution < 1.29 is 19.1 Å². The lowest BCUT2D eigenvalue weighted by atomic mass is 9.93. The maximum absolute atomic E-state index is 13.7. The fourth-order valence-electron chi connectivity index (χ4n) is 5.30. The van der Waals surface area contributed by atoms with Crippen LogP contribution in [0.3, 0.4) is 0 Å². The summed E-state index contributed by atoms with van der Waals surface area (Å²) in [5, 5.41) is -0.366. The molecule has 1 heterocycles. The quantitative estimate of drug-likeness (QED) is 0.210. The molecule has 8 heteroatoms. The Morgan fingerprint density at radius 1 is 1.21 bits per heavy atom. The van der Waals surface area contributed by atoms with Crippen LogP contribution in [0.25, 0.3) is 0 Å². The Bertz CT molecular complexity index is 998. The van der Waals surface area contributed by atoms with E-state index in [1.54, 1.807) is 29.9 Å². The van der Waals surface area contributed by atoms with Gasteiger partial charge in [-0.25, -0.2) is 4.79 Å². The Hall–Kier alpha value is -2.51. The Morgan fingerprint density at radius 2 is 1.92 bits per heavy atom. The number of carbonyl (C=O) groups is 2. The molecule has 4 unspecified atom stereocenters. The summed E-state index contributed by atoms with van der Waals surface area (Å²) < 4.78 is 11.5. The van der Waals surface area contributed by atoms with Crippen molar-refractivity contribution in [3.8, 4) is 0 Å². The average Bonchev–Trinajstić information content (AvgIpc) is 3.75. The zero-order valence-electron chi connectivity index (χ0n) is 23.6. The molecule has 7 nitrogen and oxygen atoms in total. The number of methoxy groups -OCH3 is 1. The van der Waals surface area contributed by atoms with Gasteiger partial charge >= 0.3 is 6.09 Å². The monoisotopic (exact) mass is 545 g/mol. The lowest BCUT2D eigenvalue weighted by Gasteiger charge is -2.41. The number of nitrogens with zero attached hydrogens (tertiary/aromatic N) is 3. The SMILES string of the molecule is C=CC(CC(OC(=O)N1C[C@H](C)N(C(C)=O)c2ccc(C(CC)CN(C=C)C3CC3)cc21)C(Cl)CC)OC. The van der Waals surface area contributed by atoms with E-state index in [9.17, 15) is 9.59 Å². The molecule has 1 aromatic rings. The fraction of sp³-hybridized carbons (Fsp3) is 0.600. The van der Waals surface area contributed by atoms with Gasteiger partial charge in [0.1, 0.15) is 6.10 Å². The highest BCUT2D eigenvalue weighted by Crippen LogP contribution is 2.40. The third-order valence-electron chi connectivity index (χ3n) is 7.72. The molecule has 0 spiro atoms. The molecule has 1 fully saturated rings. The van der Waals surface area contributed by atoms with E-state index in [1.807, 2.05) is 26.1 Å². The fourth-order valence-corrected chi connectivity index (χ4v) is 5.45. The summed E-state index contributed by atoms with van der Waals surface area (Å²) in [5.41, 5.74) is 2.52. The Labute approximate surface area is 233 Å². The van der Waals surface area contributed by atoms with Crippen LogP contribution in [0.5, 0.6) is 0 Å². The molecule has 3 rings (SSSR count). The number of alkyl halides is 1. The largest absolute Gasteiger partial charge is 0.444 e. The molecule has 38 heavy (non-hydrogen) atoms. The third-order valence-corrected chi connectivity index (χ3v) is 8.31. The van der Waals surface area contributed by atoms with Crippen LogP contribution in [-0.2, 0) is 14.3 Å². The van der Waals surface area contributed by atoms with Crippen LogP contribution in [0.1, 0.15) is 71.3 Å². The van der Waals surface area contributed by atoms with Gasteiger partial charge in [0.2, 0.25) is 5.91 Å². The highest BCUT2D eigenvalue weighted by atomic mass is 35.5. The minimum atomic E-state index is -0.548. The summed E-state index contributed by atoms with van der Waals surface area (Å²) in [6, 6.07) is 6.47. The molecular formula is C30H44ClN3O4. The number of benzene rings is 1. The summed E-state index contributed by atoms with van der Waals surface area (Å²) in [6.07, 6.45) is 6.73. The van der Waals surface area contributed by atoms with Gasteiger partial charge < -0.3 is 19.3 Å². The van der Waals surface area contributed by atoms with Crippen molar-refractivity contribution in [1.29, 1.82) is 0 Å². The van der Waals surface area contributed by atoms with E-state index in [1.165, 1.54) is 12.8 Å². The summed E-state index contributed by atoms with van der Waals surface area (Å²) >= 11 is 6.59. The standard InChI is InChI=1S/C30H44ClN3O4/c1-8-22(19-32(11-4)24-13-14-24)23-12-15-27-28(16-23)33(18-20(5)34(27)21(6)35)30(36)38-29(26(31)10-3)17-25(9-2)37-7/h9,11-12,15-16,20,22,24-26,29H,2,4,8,10,13-14,17-19H2,1,3,5-7H3/t20-,22?,25?,26?,29?/m0/s1. The van der Waals surface area contributed by atoms with Crippen LogP contribution in [0, 0.1) is 0 Å². The molecule has 2 amide bonds. The van der Waals surface area contributed by atoms with Gasteiger partial charge in [-0.3, -0.25) is 9.69 Å². The number of rotatable bonds is 13. The van der Waals surface area contributed by atoms with Crippen molar-refractivity contribution in [3.63, 3.8) is 0 Å². The zero-order valence-corrected chi connectivity index (χ0v) is 24.3. The lowest BCUT2D eigenvalue weighted by molar-refractivity contribution is -0.117. The topological polar surface area (TPSA) is 62.3 Å². The summed E-state index contributed by atoms with van der Waals surface area (Å²) in [4.78, 5) is 32.1. The first-order valence-electron chi connectivity index (χ1n) is 13.8. The maximum atomic E-state index is 13.7. The van der Waals surface area contributed by atoms with E-state index in [2.05, 4.69) is 37.1 Å². The van der Waals surface area contributed by atoms with Crippen LogP contribution in [0.4, 0.5) is 16.2 Å². The van der Waals surface area contributed by atoms with Crippen LogP contribution < -0.4 is 9.80 Å². The average molecular weight is 546 g/mol.